The van der Waals surface area contributed by atoms with Crippen molar-refractivity contribution in [3.63, 3.8) is 0 Å². The van der Waals surface area contributed by atoms with Gasteiger partial charge in [-0.25, -0.2) is 9.18 Å². The molecule has 0 aliphatic rings. The first-order chi connectivity index (χ1) is 11.5. The van der Waals surface area contributed by atoms with Crippen molar-refractivity contribution in [3.05, 3.63) is 70.3 Å². The molecule has 0 saturated carbocycles. The highest BCUT2D eigenvalue weighted by Gasteiger charge is 2.13. The van der Waals surface area contributed by atoms with Crippen LogP contribution < -0.4 is 0 Å². The molecule has 3 rings (SSSR count). The van der Waals surface area contributed by atoms with Gasteiger partial charge in [-0.2, -0.15) is 4.98 Å². The molecule has 3 aromatic rings. The van der Waals surface area contributed by atoms with Crippen LogP contribution in [0.15, 0.2) is 47.0 Å². The zero-order chi connectivity index (χ0) is 17.1. The Morgan fingerprint density at radius 1 is 1.25 bits per heavy atom. The van der Waals surface area contributed by atoms with Crippen molar-refractivity contribution >= 4 is 17.6 Å². The lowest BCUT2D eigenvalue weighted by atomic mass is 10.1. The van der Waals surface area contributed by atoms with E-state index in [9.17, 15) is 9.18 Å². The molecule has 0 bridgehead atoms. The third kappa shape index (κ3) is 3.60. The molecule has 0 N–H and O–H groups in total. The minimum absolute atomic E-state index is 0.121. The van der Waals surface area contributed by atoms with Crippen molar-refractivity contribution < 1.29 is 18.4 Å². The van der Waals surface area contributed by atoms with Gasteiger partial charge in [0.2, 0.25) is 5.82 Å². The summed E-state index contributed by atoms with van der Waals surface area (Å²) in [5.41, 5.74) is 1.30. The van der Waals surface area contributed by atoms with Crippen molar-refractivity contribution in [2.45, 2.75) is 13.5 Å². The Hall–Kier alpha value is -2.73. The number of ether oxygens (including phenoxy) is 1. The lowest BCUT2D eigenvalue weighted by Gasteiger charge is -2.03. The predicted octanol–water partition coefficient (Wildman–Crippen LogP) is 4.19. The lowest BCUT2D eigenvalue weighted by Crippen LogP contribution is -2.06. The summed E-state index contributed by atoms with van der Waals surface area (Å²) in [6.45, 7) is 1.41. The third-order valence-electron chi connectivity index (χ3n) is 3.30. The zero-order valence-electron chi connectivity index (χ0n) is 12.6. The van der Waals surface area contributed by atoms with Crippen LogP contribution in [0.5, 0.6) is 0 Å². The van der Waals surface area contributed by atoms with Gasteiger partial charge in [0.15, 0.2) is 6.61 Å². The Morgan fingerprint density at radius 2 is 2.00 bits per heavy atom. The van der Waals surface area contributed by atoms with E-state index in [0.29, 0.717) is 16.4 Å². The molecular weight excluding hydrogens is 335 g/mol. The fraction of sp³-hybridized carbons (Fsp3) is 0.118. The van der Waals surface area contributed by atoms with E-state index in [0.717, 1.165) is 11.6 Å². The van der Waals surface area contributed by atoms with Gasteiger partial charge in [-0.15, -0.1) is 0 Å². The quantitative estimate of drug-likeness (QED) is 0.662. The second-order valence-electron chi connectivity index (χ2n) is 5.06. The Labute approximate surface area is 142 Å². The summed E-state index contributed by atoms with van der Waals surface area (Å²) >= 11 is 5.82. The predicted molar refractivity (Wildman–Crippen MR) is 85.0 cm³/mol. The number of carbonyl (C=O) groups is 1. The van der Waals surface area contributed by atoms with Crippen molar-refractivity contribution in [2.75, 3.05) is 0 Å². The van der Waals surface area contributed by atoms with Crippen molar-refractivity contribution in [3.8, 4) is 11.4 Å². The Bertz CT molecular complexity index is 878. The molecular formula is C17H12ClFN2O3. The molecule has 0 aliphatic heterocycles. The maximum atomic E-state index is 13.5. The molecule has 1 heterocycles. The third-order valence-corrected chi connectivity index (χ3v) is 3.56. The molecule has 0 amide bonds. The summed E-state index contributed by atoms with van der Waals surface area (Å²) in [4.78, 5) is 16.0. The number of esters is 1. The van der Waals surface area contributed by atoms with Gasteiger partial charge < -0.3 is 9.26 Å². The van der Waals surface area contributed by atoms with Gasteiger partial charge in [0, 0.05) is 10.6 Å². The highest BCUT2D eigenvalue weighted by molar-refractivity contribution is 6.30. The topological polar surface area (TPSA) is 65.2 Å². The summed E-state index contributed by atoms with van der Waals surface area (Å²) in [5, 5.41) is 4.41. The average Bonchev–Trinajstić information content (AvgIpc) is 3.05. The lowest BCUT2D eigenvalue weighted by molar-refractivity contribution is 0.0429. The van der Waals surface area contributed by atoms with Gasteiger partial charge in [0.25, 0.3) is 5.89 Å². The largest absolute Gasteiger partial charge is 0.452 e. The highest BCUT2D eigenvalue weighted by Crippen LogP contribution is 2.19. The molecule has 0 atom stereocenters. The van der Waals surface area contributed by atoms with Crippen LogP contribution in [-0.4, -0.2) is 16.1 Å². The van der Waals surface area contributed by atoms with E-state index in [1.54, 1.807) is 31.2 Å². The van der Waals surface area contributed by atoms with Gasteiger partial charge in [0.05, 0.1) is 5.56 Å². The second-order valence-corrected chi connectivity index (χ2v) is 5.50. The Balaban J connectivity index is 1.65. The summed E-state index contributed by atoms with van der Waals surface area (Å²) in [6, 6.07) is 11.0. The highest BCUT2D eigenvalue weighted by atomic mass is 35.5. The monoisotopic (exact) mass is 346 g/mol. The van der Waals surface area contributed by atoms with Gasteiger partial charge in [-0.3, -0.25) is 0 Å². The number of benzene rings is 2. The number of carbonyl (C=O) groups excluding carboxylic acids is 1. The van der Waals surface area contributed by atoms with E-state index in [-0.39, 0.29) is 18.1 Å². The summed E-state index contributed by atoms with van der Waals surface area (Å²) in [7, 11) is 0. The first kappa shape index (κ1) is 16.1. The summed E-state index contributed by atoms with van der Waals surface area (Å²) < 4.78 is 23.6. The van der Waals surface area contributed by atoms with Gasteiger partial charge in [-0.05, 0) is 48.9 Å². The maximum Gasteiger partial charge on any atom is 0.338 e. The molecule has 0 unspecified atom stereocenters. The number of hydrogen-bond donors (Lipinski definition) is 0. The first-order valence-corrected chi connectivity index (χ1v) is 7.42. The Kier molecular flexibility index (Phi) is 4.57. The molecule has 0 fully saturated rings. The molecule has 24 heavy (non-hydrogen) atoms. The standard InChI is InChI=1S/C17H12ClFN2O3/c1-10-2-3-12(8-14(10)19)17(22)23-9-15-20-16(21-24-15)11-4-6-13(18)7-5-11/h2-8H,9H2,1H3. The molecule has 0 spiro atoms. The SMILES string of the molecule is Cc1ccc(C(=O)OCc2nc(-c3ccc(Cl)cc3)no2)cc1F. The molecule has 0 aliphatic carbocycles. The van der Waals surface area contributed by atoms with Crippen LogP contribution in [0.2, 0.25) is 5.02 Å². The molecule has 1 aromatic heterocycles. The minimum Gasteiger partial charge on any atom is -0.452 e. The van der Waals surface area contributed by atoms with Crippen LogP contribution in [0.25, 0.3) is 11.4 Å². The number of halogens is 2. The van der Waals surface area contributed by atoms with Crippen LogP contribution in [0.3, 0.4) is 0 Å². The van der Waals surface area contributed by atoms with Crippen LogP contribution in [-0.2, 0) is 11.3 Å². The fourth-order valence-corrected chi connectivity index (χ4v) is 2.09. The van der Waals surface area contributed by atoms with Gasteiger partial charge in [0.1, 0.15) is 5.82 Å². The second kappa shape index (κ2) is 6.80. The normalized spacial score (nSPS) is 10.6. The van der Waals surface area contributed by atoms with E-state index >= 15 is 0 Å². The van der Waals surface area contributed by atoms with Crippen LogP contribution in [0.4, 0.5) is 4.39 Å². The van der Waals surface area contributed by atoms with Crippen molar-refractivity contribution in [1.82, 2.24) is 10.1 Å². The van der Waals surface area contributed by atoms with E-state index in [1.165, 1.54) is 12.1 Å². The maximum absolute atomic E-state index is 13.5. The molecule has 0 saturated heterocycles. The first-order valence-electron chi connectivity index (χ1n) is 7.05. The number of nitrogens with zero attached hydrogens (tertiary/aromatic N) is 2. The van der Waals surface area contributed by atoms with E-state index in [1.807, 2.05) is 0 Å². The van der Waals surface area contributed by atoms with Crippen LogP contribution in [0, 0.1) is 12.7 Å². The summed E-state index contributed by atoms with van der Waals surface area (Å²) in [6.07, 6.45) is 0. The van der Waals surface area contributed by atoms with Crippen molar-refractivity contribution in [1.29, 1.82) is 0 Å². The molecule has 0 radical (unpaired) electrons. The van der Waals surface area contributed by atoms with Crippen LogP contribution >= 0.6 is 11.6 Å². The molecule has 7 heteroatoms. The Morgan fingerprint density at radius 3 is 2.71 bits per heavy atom. The van der Waals surface area contributed by atoms with E-state index < -0.39 is 11.8 Å². The number of aromatic nitrogens is 2. The van der Waals surface area contributed by atoms with E-state index in [2.05, 4.69) is 10.1 Å². The number of hydrogen-bond acceptors (Lipinski definition) is 5. The van der Waals surface area contributed by atoms with Gasteiger partial charge in [-0.1, -0.05) is 22.8 Å². The fourth-order valence-electron chi connectivity index (χ4n) is 1.96. The molecule has 2 aromatic carbocycles. The molecule has 5 nitrogen and oxygen atoms in total. The number of aryl methyl sites for hydroxylation is 1. The minimum atomic E-state index is -0.667. The van der Waals surface area contributed by atoms with Crippen molar-refractivity contribution in [2.24, 2.45) is 0 Å². The van der Waals surface area contributed by atoms with Crippen LogP contribution in [0.1, 0.15) is 21.8 Å². The van der Waals surface area contributed by atoms with Gasteiger partial charge >= 0.3 is 5.97 Å². The van der Waals surface area contributed by atoms with E-state index in [4.69, 9.17) is 20.9 Å². The zero-order valence-corrected chi connectivity index (χ0v) is 13.4. The molecule has 122 valence electrons. The summed E-state index contributed by atoms with van der Waals surface area (Å²) in [5.74, 6) is -0.632. The smallest absolute Gasteiger partial charge is 0.338 e. The average molecular weight is 347 g/mol. The number of rotatable bonds is 4.